The van der Waals surface area contributed by atoms with Gasteiger partial charge in [0.05, 0.1) is 55.4 Å². The first kappa shape index (κ1) is 28.3. The largest absolute Gasteiger partial charge is 0.486 e. The molecule has 0 amide bonds. The van der Waals surface area contributed by atoms with Gasteiger partial charge < -0.3 is 34.7 Å². The van der Waals surface area contributed by atoms with Gasteiger partial charge in [-0.1, -0.05) is 11.6 Å². The van der Waals surface area contributed by atoms with E-state index in [0.29, 0.717) is 72.3 Å². The van der Waals surface area contributed by atoms with Crippen LogP contribution in [0, 0.1) is 11.8 Å². The average molecular weight is 629 g/mol. The molecule has 2 unspecified atom stereocenters. The number of piperidine rings is 1. The minimum absolute atomic E-state index is 0.0273. The Balaban J connectivity index is 1.16. The van der Waals surface area contributed by atoms with Gasteiger partial charge in [-0.05, 0) is 55.7 Å². The summed E-state index contributed by atoms with van der Waals surface area (Å²) in [4.78, 5) is 25.2. The quantitative estimate of drug-likeness (QED) is 0.349. The number of pyridine rings is 1. The maximum absolute atomic E-state index is 13.8. The highest BCUT2D eigenvalue weighted by Gasteiger charge is 2.46. The Bertz CT molecular complexity index is 1650. The first-order valence-corrected chi connectivity index (χ1v) is 15.9. The Morgan fingerprint density at radius 1 is 1.16 bits per heavy atom. The third-order valence-electron chi connectivity index (χ3n) is 9.76. The number of nitrogens with zero attached hydrogens (tertiary/aromatic N) is 4. The summed E-state index contributed by atoms with van der Waals surface area (Å²) < 4.78 is 40.8. The van der Waals surface area contributed by atoms with Crippen molar-refractivity contribution in [2.24, 2.45) is 11.8 Å². The van der Waals surface area contributed by atoms with Crippen molar-refractivity contribution in [1.82, 2.24) is 14.5 Å². The van der Waals surface area contributed by atoms with Crippen LogP contribution in [0.15, 0.2) is 29.2 Å². The van der Waals surface area contributed by atoms with E-state index in [4.69, 9.17) is 26.1 Å². The normalized spacial score (nSPS) is 28.0. The maximum atomic E-state index is 13.8. The third-order valence-corrected chi connectivity index (χ3v) is 10.0. The molecule has 3 N–H and O–H groups in total. The number of hydrogen-bond donors (Lipinski definition) is 3. The number of aromatic nitrogens is 3. The number of fused-ring (bicyclic) bond motifs is 5. The molecule has 0 radical (unpaired) electrons. The molecule has 2 aliphatic carbocycles. The van der Waals surface area contributed by atoms with Gasteiger partial charge in [0, 0.05) is 42.9 Å². The maximum Gasteiger partial charge on any atom is 0.295 e. The molecular weight excluding hydrogens is 594 g/mol. The minimum atomic E-state index is -2.67. The number of halogens is 3. The predicted octanol–water partition coefficient (Wildman–Crippen LogP) is 4.94. The molecule has 10 nitrogen and oxygen atoms in total. The molecule has 2 bridgehead atoms. The summed E-state index contributed by atoms with van der Waals surface area (Å²) in [7, 11) is 0. The first-order valence-electron chi connectivity index (χ1n) is 15.5. The van der Waals surface area contributed by atoms with E-state index in [0.717, 1.165) is 24.6 Å². The Hall–Kier alpha value is -3.22. The molecule has 8 rings (SSSR count). The lowest BCUT2D eigenvalue weighted by atomic mass is 9.81. The van der Waals surface area contributed by atoms with Gasteiger partial charge in [0.2, 0.25) is 17.6 Å². The number of nitrogens with one attached hydrogen (secondary N) is 2. The number of morpholine rings is 1. The molecule has 2 saturated heterocycles. The van der Waals surface area contributed by atoms with E-state index in [2.05, 4.69) is 20.5 Å². The van der Waals surface area contributed by atoms with Gasteiger partial charge in [0.1, 0.15) is 5.02 Å². The first-order chi connectivity index (χ1) is 21.2. The standard InChI is InChI=1S/C31H35ClF2N6O4/c32-23-12-35-30(40-19-8-21(41)9-20(40)15-43-14-19)38-28(23)36-18-3-4-25-22(7-18)26-27(44-6-5-24(37-26)17-1-2-17)29(42)39(25)13-16-10-31(33,34)11-16/h3-4,7,12,16-17,19-21,24,37,41H,1-2,5-6,8-11,13-15H2,(H,35,36,38)/t19-,20+,21?,24?. The summed E-state index contributed by atoms with van der Waals surface area (Å²) in [6.45, 7) is 1.61. The van der Waals surface area contributed by atoms with E-state index in [1.165, 1.54) is 0 Å². The summed E-state index contributed by atoms with van der Waals surface area (Å²) in [5, 5.41) is 18.4. The van der Waals surface area contributed by atoms with Gasteiger partial charge in [-0.15, -0.1) is 0 Å². The second-order valence-electron chi connectivity index (χ2n) is 13.1. The Kier molecular flexibility index (Phi) is 6.87. The molecule has 3 aliphatic heterocycles. The van der Waals surface area contributed by atoms with Crippen LogP contribution in [0.25, 0.3) is 10.9 Å². The van der Waals surface area contributed by atoms with Crippen molar-refractivity contribution in [2.45, 2.75) is 81.6 Å². The van der Waals surface area contributed by atoms with Gasteiger partial charge >= 0.3 is 0 Å². The fourth-order valence-corrected chi connectivity index (χ4v) is 7.60. The van der Waals surface area contributed by atoms with Gasteiger partial charge in [-0.3, -0.25) is 4.79 Å². The molecule has 2 aromatic heterocycles. The summed E-state index contributed by atoms with van der Waals surface area (Å²) in [6.07, 6.45) is 4.98. The van der Waals surface area contributed by atoms with Gasteiger partial charge in [-0.2, -0.15) is 4.98 Å². The summed E-state index contributed by atoms with van der Waals surface area (Å²) in [6, 6.07) is 5.76. The van der Waals surface area contributed by atoms with Crippen molar-refractivity contribution in [3.8, 4) is 5.75 Å². The Morgan fingerprint density at radius 2 is 1.93 bits per heavy atom. The van der Waals surface area contributed by atoms with E-state index in [-0.39, 0.29) is 60.8 Å². The molecule has 13 heteroatoms. The zero-order valence-corrected chi connectivity index (χ0v) is 24.9. The van der Waals surface area contributed by atoms with Crippen LogP contribution < -0.4 is 25.8 Å². The average Bonchev–Trinajstić information content (AvgIpc) is 3.82. The highest BCUT2D eigenvalue weighted by Crippen LogP contribution is 2.45. The topological polar surface area (TPSA) is 114 Å². The van der Waals surface area contributed by atoms with Crippen LogP contribution in [0.5, 0.6) is 5.75 Å². The summed E-state index contributed by atoms with van der Waals surface area (Å²) in [5.41, 5.74) is 1.71. The van der Waals surface area contributed by atoms with E-state index in [1.54, 1.807) is 10.8 Å². The van der Waals surface area contributed by atoms with Crippen molar-refractivity contribution >= 4 is 45.6 Å². The summed E-state index contributed by atoms with van der Waals surface area (Å²) in [5.74, 6) is -1.22. The number of alkyl halides is 2. The fourth-order valence-electron chi connectivity index (χ4n) is 7.46. The SMILES string of the molecule is O=c1c2c(c3cc(Nc4nc(N5[C@@H]6COC[C@H]5CC(O)C6)ncc4Cl)ccc3n1CC1CC(F)(F)C1)NC(C1CC1)CCO2. The Labute approximate surface area is 257 Å². The van der Waals surface area contributed by atoms with E-state index < -0.39 is 5.92 Å². The highest BCUT2D eigenvalue weighted by atomic mass is 35.5. The number of ether oxygens (including phenoxy) is 2. The number of anilines is 4. The number of aliphatic hydroxyl groups excluding tert-OH is 1. The lowest BCUT2D eigenvalue weighted by molar-refractivity contribution is -0.114. The van der Waals surface area contributed by atoms with Crippen molar-refractivity contribution < 1.29 is 23.4 Å². The number of hydrogen-bond acceptors (Lipinski definition) is 9. The highest BCUT2D eigenvalue weighted by molar-refractivity contribution is 6.33. The van der Waals surface area contributed by atoms with Crippen molar-refractivity contribution in [3.05, 3.63) is 39.8 Å². The minimum Gasteiger partial charge on any atom is -0.486 e. The Morgan fingerprint density at radius 3 is 2.66 bits per heavy atom. The van der Waals surface area contributed by atoms with Crippen molar-refractivity contribution in [2.75, 3.05) is 35.4 Å². The van der Waals surface area contributed by atoms with Gasteiger partial charge in [0.15, 0.2) is 5.82 Å². The lowest BCUT2D eigenvalue weighted by Crippen LogP contribution is -2.59. The van der Waals surface area contributed by atoms with Crippen LogP contribution in [0.2, 0.25) is 5.02 Å². The van der Waals surface area contributed by atoms with Crippen LogP contribution in [-0.4, -0.2) is 69.6 Å². The number of rotatable bonds is 6. The number of benzene rings is 1. The lowest BCUT2D eigenvalue weighted by Gasteiger charge is -2.47. The monoisotopic (exact) mass is 628 g/mol. The zero-order chi connectivity index (χ0) is 30.2. The molecule has 2 saturated carbocycles. The van der Waals surface area contributed by atoms with Crippen molar-refractivity contribution in [3.63, 3.8) is 0 Å². The molecular formula is C31H35ClF2N6O4. The smallest absolute Gasteiger partial charge is 0.295 e. The third kappa shape index (κ3) is 5.14. The van der Waals surface area contributed by atoms with Gasteiger partial charge in [0.25, 0.3) is 5.56 Å². The van der Waals surface area contributed by atoms with Crippen molar-refractivity contribution in [1.29, 1.82) is 0 Å². The van der Waals surface area contributed by atoms with Gasteiger partial charge in [-0.25, -0.2) is 13.8 Å². The fraction of sp³-hybridized carbons (Fsp3) is 0.581. The van der Waals surface area contributed by atoms with Crippen LogP contribution in [0.4, 0.5) is 31.9 Å². The zero-order valence-electron chi connectivity index (χ0n) is 24.1. The van der Waals surface area contributed by atoms with E-state index >= 15 is 0 Å². The van der Waals surface area contributed by atoms with Crippen LogP contribution >= 0.6 is 11.6 Å². The second kappa shape index (κ2) is 10.7. The molecule has 5 heterocycles. The molecule has 234 valence electrons. The van der Waals surface area contributed by atoms with Crippen LogP contribution in [0.3, 0.4) is 0 Å². The van der Waals surface area contributed by atoms with E-state index in [1.807, 2.05) is 18.2 Å². The van der Waals surface area contributed by atoms with Crippen LogP contribution in [-0.2, 0) is 11.3 Å². The molecule has 5 aliphatic rings. The molecule has 1 aromatic carbocycles. The predicted molar refractivity (Wildman–Crippen MR) is 163 cm³/mol. The molecule has 44 heavy (non-hydrogen) atoms. The van der Waals surface area contributed by atoms with E-state index in [9.17, 15) is 18.7 Å². The van der Waals surface area contributed by atoms with Crippen LogP contribution in [0.1, 0.15) is 44.9 Å². The second-order valence-corrected chi connectivity index (χ2v) is 13.5. The number of aliphatic hydroxyl groups is 1. The molecule has 4 fully saturated rings. The summed E-state index contributed by atoms with van der Waals surface area (Å²) >= 11 is 6.58. The molecule has 3 aromatic rings. The molecule has 4 atom stereocenters. The molecule has 0 spiro atoms.